The quantitative estimate of drug-likeness (QED) is 0.380. The van der Waals surface area contributed by atoms with Gasteiger partial charge in [-0.1, -0.05) is 18.2 Å². The lowest BCUT2D eigenvalue weighted by molar-refractivity contribution is -0.134. The maximum absolute atomic E-state index is 14.6. The molecule has 1 rings (SSSR count). The lowest BCUT2D eigenvalue weighted by atomic mass is 9.96. The number of methoxy groups -OCH3 is 2. The Bertz CT molecular complexity index is 796. The number of ether oxygens (including phenoxy) is 2. The fraction of sp³-hybridized carbons (Fsp3) is 0.318. The fourth-order valence-corrected chi connectivity index (χ4v) is 2.46. The van der Waals surface area contributed by atoms with E-state index < -0.39 is 5.97 Å². The Morgan fingerprint density at radius 3 is 2.35 bits per heavy atom. The van der Waals surface area contributed by atoms with Crippen molar-refractivity contribution in [1.82, 2.24) is 0 Å². The minimum atomic E-state index is -0.417. The molecule has 140 valence electrons. The van der Waals surface area contributed by atoms with Crippen molar-refractivity contribution in [2.75, 3.05) is 14.2 Å². The molecule has 0 bridgehead atoms. The van der Waals surface area contributed by atoms with E-state index in [0.717, 1.165) is 33.6 Å². The first kappa shape index (κ1) is 21.4. The van der Waals surface area contributed by atoms with E-state index in [4.69, 9.17) is 4.74 Å². The van der Waals surface area contributed by atoms with Gasteiger partial charge in [-0.05, 0) is 80.2 Å². The van der Waals surface area contributed by atoms with Crippen LogP contribution in [0, 0.1) is 20.8 Å². The van der Waals surface area contributed by atoms with Crippen LogP contribution in [-0.2, 0) is 9.53 Å². The lowest BCUT2D eigenvalue weighted by Crippen LogP contribution is -1.96. The number of halogens is 1. The molecule has 26 heavy (non-hydrogen) atoms. The van der Waals surface area contributed by atoms with Gasteiger partial charge in [0.15, 0.2) is 0 Å². The summed E-state index contributed by atoms with van der Waals surface area (Å²) in [6.07, 6.45) is 8.02. The van der Waals surface area contributed by atoms with E-state index in [1.54, 1.807) is 45.3 Å². The van der Waals surface area contributed by atoms with Crippen molar-refractivity contribution in [2.45, 2.75) is 34.6 Å². The highest BCUT2D eigenvalue weighted by Crippen LogP contribution is 2.30. The van der Waals surface area contributed by atoms with E-state index in [9.17, 15) is 9.18 Å². The Morgan fingerprint density at radius 1 is 1.12 bits per heavy atom. The summed E-state index contributed by atoms with van der Waals surface area (Å²) in [5.41, 5.74) is 5.04. The molecule has 0 aliphatic heterocycles. The second-order valence-electron chi connectivity index (χ2n) is 6.17. The van der Waals surface area contributed by atoms with Crippen molar-refractivity contribution in [3.05, 3.63) is 69.6 Å². The molecular formula is C22H27FO3. The summed E-state index contributed by atoms with van der Waals surface area (Å²) in [5.74, 6) is 0.0837. The minimum Gasteiger partial charge on any atom is -0.496 e. The van der Waals surface area contributed by atoms with Crippen LogP contribution in [-0.4, -0.2) is 20.2 Å². The summed E-state index contributed by atoms with van der Waals surface area (Å²) in [5, 5.41) is 0. The summed E-state index contributed by atoms with van der Waals surface area (Å²) in [4.78, 5) is 11.1. The Labute approximate surface area is 155 Å². The van der Waals surface area contributed by atoms with Gasteiger partial charge in [0, 0.05) is 6.08 Å². The molecule has 0 aliphatic rings. The van der Waals surface area contributed by atoms with Crippen LogP contribution in [0.1, 0.15) is 36.1 Å². The molecule has 0 atom stereocenters. The van der Waals surface area contributed by atoms with E-state index in [0.29, 0.717) is 5.57 Å². The molecule has 0 aliphatic carbocycles. The van der Waals surface area contributed by atoms with Crippen LogP contribution in [0.3, 0.4) is 0 Å². The molecule has 0 N–H and O–H groups in total. The number of benzene rings is 1. The molecule has 0 aromatic heterocycles. The average Bonchev–Trinajstić information content (AvgIpc) is 2.61. The second kappa shape index (κ2) is 9.76. The molecule has 0 amide bonds. The predicted molar refractivity (Wildman–Crippen MR) is 105 cm³/mol. The van der Waals surface area contributed by atoms with Crippen molar-refractivity contribution in [2.24, 2.45) is 0 Å². The molecule has 0 radical (unpaired) electrons. The average molecular weight is 358 g/mol. The number of hydrogen-bond acceptors (Lipinski definition) is 3. The zero-order chi connectivity index (χ0) is 19.9. The van der Waals surface area contributed by atoms with Crippen molar-refractivity contribution < 1.29 is 18.7 Å². The molecule has 1 aromatic carbocycles. The van der Waals surface area contributed by atoms with Crippen LogP contribution in [0.5, 0.6) is 5.75 Å². The van der Waals surface area contributed by atoms with Crippen molar-refractivity contribution in [1.29, 1.82) is 0 Å². The van der Waals surface area contributed by atoms with Gasteiger partial charge in [-0.15, -0.1) is 0 Å². The molecule has 3 nitrogen and oxygen atoms in total. The minimum absolute atomic E-state index is 0.306. The third kappa shape index (κ3) is 5.73. The summed E-state index contributed by atoms with van der Waals surface area (Å²) < 4.78 is 24.5. The van der Waals surface area contributed by atoms with E-state index in [2.05, 4.69) is 4.74 Å². The molecule has 0 spiro atoms. The van der Waals surface area contributed by atoms with E-state index in [-0.39, 0.29) is 5.83 Å². The Hall–Kier alpha value is -2.62. The van der Waals surface area contributed by atoms with Crippen molar-refractivity contribution in [3.8, 4) is 5.75 Å². The third-order valence-corrected chi connectivity index (χ3v) is 4.23. The molecule has 0 fully saturated rings. The number of carbonyl (C=O) groups is 1. The van der Waals surface area contributed by atoms with Gasteiger partial charge >= 0.3 is 5.97 Å². The van der Waals surface area contributed by atoms with E-state index >= 15 is 0 Å². The monoisotopic (exact) mass is 358 g/mol. The smallest absolute Gasteiger partial charge is 0.330 e. The highest BCUT2D eigenvalue weighted by atomic mass is 19.1. The number of esters is 1. The molecule has 4 heteroatoms. The summed E-state index contributed by atoms with van der Waals surface area (Å²) in [7, 11) is 2.96. The first-order chi connectivity index (χ1) is 12.2. The van der Waals surface area contributed by atoms with Gasteiger partial charge in [-0.3, -0.25) is 0 Å². The normalized spacial score (nSPS) is 13.3. The van der Waals surface area contributed by atoms with Gasteiger partial charge in [0.05, 0.1) is 14.2 Å². The maximum atomic E-state index is 14.6. The van der Waals surface area contributed by atoms with Crippen LogP contribution in [0.4, 0.5) is 4.39 Å². The van der Waals surface area contributed by atoms with Gasteiger partial charge in [0.1, 0.15) is 11.6 Å². The van der Waals surface area contributed by atoms with Crippen LogP contribution in [0.15, 0.2) is 47.3 Å². The number of aryl methyl sites for hydroxylation is 1. The summed E-state index contributed by atoms with van der Waals surface area (Å²) in [6, 6.07) is 1.92. The Kier molecular flexibility index (Phi) is 8.04. The number of hydrogen-bond donors (Lipinski definition) is 0. The lowest BCUT2D eigenvalue weighted by Gasteiger charge is -2.14. The molecule has 0 unspecified atom stereocenters. The fourth-order valence-electron chi connectivity index (χ4n) is 2.46. The number of allylic oxidation sites excluding steroid dienone is 6. The summed E-state index contributed by atoms with van der Waals surface area (Å²) >= 11 is 0. The van der Waals surface area contributed by atoms with Crippen LogP contribution < -0.4 is 4.74 Å². The highest BCUT2D eigenvalue weighted by Gasteiger charge is 2.10. The van der Waals surface area contributed by atoms with Crippen molar-refractivity contribution >= 4 is 12.0 Å². The topological polar surface area (TPSA) is 35.5 Å². The van der Waals surface area contributed by atoms with Gasteiger partial charge in [0.2, 0.25) is 0 Å². The van der Waals surface area contributed by atoms with Gasteiger partial charge in [0.25, 0.3) is 0 Å². The molecule has 1 aromatic rings. The standard InChI is InChI=1S/C22H27FO3/c1-14(11-22(24)26-7)9-8-10-15(2)20(23)13-19-16(3)12-21(25-6)18(5)17(19)4/h8-13H,1-7H3/b9-8+,14-11+,15-10+,20-13-. The van der Waals surface area contributed by atoms with Gasteiger partial charge < -0.3 is 9.47 Å². The number of rotatable bonds is 6. The molecule has 0 saturated heterocycles. The van der Waals surface area contributed by atoms with Crippen molar-refractivity contribution in [3.63, 3.8) is 0 Å². The predicted octanol–water partition coefficient (Wildman–Crippen LogP) is 5.55. The first-order valence-electron chi connectivity index (χ1n) is 8.34. The molecular weight excluding hydrogens is 331 g/mol. The van der Waals surface area contributed by atoms with Crippen LogP contribution in [0.25, 0.3) is 6.08 Å². The van der Waals surface area contributed by atoms with E-state index in [1.165, 1.54) is 13.2 Å². The van der Waals surface area contributed by atoms with Crippen LogP contribution in [0.2, 0.25) is 0 Å². The maximum Gasteiger partial charge on any atom is 0.330 e. The Morgan fingerprint density at radius 2 is 1.77 bits per heavy atom. The first-order valence-corrected chi connectivity index (χ1v) is 8.34. The second-order valence-corrected chi connectivity index (χ2v) is 6.17. The van der Waals surface area contributed by atoms with Gasteiger partial charge in [-0.2, -0.15) is 0 Å². The largest absolute Gasteiger partial charge is 0.496 e. The SMILES string of the molecule is COC(=O)/C=C(C)/C=C/C=C(C)/C(F)=C/c1c(C)cc(OC)c(C)c1C. The zero-order valence-electron chi connectivity index (χ0n) is 16.6. The zero-order valence-corrected chi connectivity index (χ0v) is 16.6. The van der Waals surface area contributed by atoms with Crippen LogP contribution >= 0.6 is 0 Å². The number of carbonyl (C=O) groups excluding carboxylic acids is 1. The highest BCUT2D eigenvalue weighted by molar-refractivity contribution is 5.83. The molecule has 0 heterocycles. The van der Waals surface area contributed by atoms with E-state index in [1.807, 2.05) is 26.8 Å². The molecule has 0 saturated carbocycles. The Balaban J connectivity index is 3.09. The van der Waals surface area contributed by atoms with Gasteiger partial charge in [-0.25, -0.2) is 9.18 Å². The summed E-state index contributed by atoms with van der Waals surface area (Å²) in [6.45, 7) is 9.34. The third-order valence-electron chi connectivity index (χ3n) is 4.23.